The molecule has 1 fully saturated rings. The number of aromatic nitrogens is 3. The number of rotatable bonds is 4. The van der Waals surface area contributed by atoms with Gasteiger partial charge in [0.1, 0.15) is 6.54 Å². The largest absolute Gasteiger partial charge is 0.378 e. The summed E-state index contributed by atoms with van der Waals surface area (Å²) < 4.78 is 32.3. The predicted octanol–water partition coefficient (Wildman–Crippen LogP) is -0.0291. The molecular formula is C15H21N5O4S. The summed E-state index contributed by atoms with van der Waals surface area (Å²) in [5.41, 5.74) is 2.19. The van der Waals surface area contributed by atoms with Crippen molar-refractivity contribution in [3.63, 3.8) is 0 Å². The Kier molecular flexibility index (Phi) is 4.65. The van der Waals surface area contributed by atoms with Crippen LogP contribution in [-0.2, 0) is 19.6 Å². The van der Waals surface area contributed by atoms with Crippen LogP contribution in [-0.4, -0.2) is 72.9 Å². The first-order valence-electron chi connectivity index (χ1n) is 7.93. The maximum atomic E-state index is 12.5. The number of carbonyl (C=O) groups excluding carboxylic acids is 1. The molecule has 1 aliphatic rings. The normalized spacial score (nSPS) is 15.6. The van der Waals surface area contributed by atoms with Gasteiger partial charge in [-0.1, -0.05) is 0 Å². The highest BCUT2D eigenvalue weighted by atomic mass is 32.2. The van der Waals surface area contributed by atoms with Crippen LogP contribution in [0.4, 0.5) is 5.82 Å². The van der Waals surface area contributed by atoms with Gasteiger partial charge in [-0.15, -0.1) is 5.10 Å². The van der Waals surface area contributed by atoms with Crippen LogP contribution < -0.4 is 4.31 Å². The zero-order valence-corrected chi connectivity index (χ0v) is 15.3. The van der Waals surface area contributed by atoms with Crippen molar-refractivity contribution >= 4 is 27.4 Å². The van der Waals surface area contributed by atoms with Gasteiger partial charge in [0.2, 0.25) is 15.9 Å². The van der Waals surface area contributed by atoms with Crippen molar-refractivity contribution in [1.82, 2.24) is 19.5 Å². The lowest BCUT2D eigenvalue weighted by Crippen LogP contribution is -2.47. The van der Waals surface area contributed by atoms with Crippen LogP contribution in [0, 0.1) is 13.8 Å². The summed E-state index contributed by atoms with van der Waals surface area (Å²) in [6.07, 6.45) is 1.06. The first-order chi connectivity index (χ1) is 11.8. The van der Waals surface area contributed by atoms with E-state index in [2.05, 4.69) is 10.1 Å². The molecule has 136 valence electrons. The van der Waals surface area contributed by atoms with Crippen molar-refractivity contribution in [1.29, 1.82) is 0 Å². The molecule has 3 heterocycles. The third kappa shape index (κ3) is 3.74. The topological polar surface area (TPSA) is 97.1 Å². The summed E-state index contributed by atoms with van der Waals surface area (Å²) >= 11 is 0. The fourth-order valence-corrected chi connectivity index (χ4v) is 3.57. The molecule has 0 spiro atoms. The molecule has 25 heavy (non-hydrogen) atoms. The predicted molar refractivity (Wildman–Crippen MR) is 92.0 cm³/mol. The number of fused-ring (bicyclic) bond motifs is 1. The number of carbonyl (C=O) groups is 1. The summed E-state index contributed by atoms with van der Waals surface area (Å²) in [6.45, 7) is 5.27. The maximum absolute atomic E-state index is 12.5. The highest BCUT2D eigenvalue weighted by Gasteiger charge is 2.27. The molecule has 0 aliphatic carbocycles. The van der Waals surface area contributed by atoms with Gasteiger partial charge in [-0.25, -0.2) is 22.2 Å². The summed E-state index contributed by atoms with van der Waals surface area (Å²) in [6, 6.07) is 3.43. The highest BCUT2D eigenvalue weighted by Crippen LogP contribution is 2.19. The lowest BCUT2D eigenvalue weighted by Gasteiger charge is -2.29. The molecule has 1 amide bonds. The smallest absolute Gasteiger partial charge is 0.243 e. The van der Waals surface area contributed by atoms with E-state index in [1.807, 2.05) is 19.9 Å². The highest BCUT2D eigenvalue weighted by molar-refractivity contribution is 7.92. The Labute approximate surface area is 146 Å². The lowest BCUT2D eigenvalue weighted by atomic mass is 10.3. The first-order valence-corrected chi connectivity index (χ1v) is 9.78. The Balaban J connectivity index is 1.93. The zero-order chi connectivity index (χ0) is 18.2. The lowest BCUT2D eigenvalue weighted by molar-refractivity contribution is -0.133. The number of hydrogen-bond acceptors (Lipinski definition) is 6. The van der Waals surface area contributed by atoms with E-state index in [1.165, 1.54) is 0 Å². The number of morpholine rings is 1. The molecule has 0 unspecified atom stereocenters. The zero-order valence-electron chi connectivity index (χ0n) is 14.5. The Hall–Kier alpha value is -2.20. The van der Waals surface area contributed by atoms with Crippen LogP contribution in [0.2, 0.25) is 0 Å². The van der Waals surface area contributed by atoms with Crippen LogP contribution in [0.15, 0.2) is 12.1 Å². The van der Waals surface area contributed by atoms with Crippen molar-refractivity contribution in [2.75, 3.05) is 43.4 Å². The van der Waals surface area contributed by atoms with Crippen LogP contribution in [0.3, 0.4) is 0 Å². The Morgan fingerprint density at radius 2 is 1.96 bits per heavy atom. The second kappa shape index (κ2) is 6.60. The van der Waals surface area contributed by atoms with E-state index in [4.69, 9.17) is 4.74 Å². The molecule has 0 bridgehead atoms. The molecule has 3 rings (SSSR count). The third-order valence-corrected chi connectivity index (χ3v) is 5.14. The van der Waals surface area contributed by atoms with Gasteiger partial charge in [-0.05, 0) is 19.9 Å². The van der Waals surface area contributed by atoms with Gasteiger partial charge in [-0.3, -0.25) is 4.79 Å². The van der Waals surface area contributed by atoms with Crippen molar-refractivity contribution < 1.29 is 17.9 Å². The van der Waals surface area contributed by atoms with Gasteiger partial charge in [0.05, 0.1) is 19.5 Å². The quantitative estimate of drug-likeness (QED) is 0.753. The van der Waals surface area contributed by atoms with Crippen LogP contribution in [0.1, 0.15) is 11.4 Å². The van der Waals surface area contributed by atoms with Crippen LogP contribution in [0.5, 0.6) is 0 Å². The van der Waals surface area contributed by atoms with E-state index in [1.54, 1.807) is 15.5 Å². The molecule has 0 aromatic carbocycles. The summed E-state index contributed by atoms with van der Waals surface area (Å²) in [7, 11) is -3.67. The van der Waals surface area contributed by atoms with Crippen molar-refractivity contribution in [3.05, 3.63) is 23.5 Å². The van der Waals surface area contributed by atoms with Crippen molar-refractivity contribution in [2.45, 2.75) is 13.8 Å². The Morgan fingerprint density at radius 3 is 2.60 bits per heavy atom. The number of sulfonamides is 1. The fourth-order valence-electron chi connectivity index (χ4n) is 2.80. The number of anilines is 1. The molecule has 0 atom stereocenters. The Morgan fingerprint density at radius 1 is 1.28 bits per heavy atom. The van der Waals surface area contributed by atoms with E-state index in [9.17, 15) is 13.2 Å². The molecule has 2 aromatic rings. The first kappa shape index (κ1) is 17.6. The summed E-state index contributed by atoms with van der Waals surface area (Å²) in [4.78, 5) is 18.4. The van der Waals surface area contributed by atoms with Crippen molar-refractivity contribution in [3.8, 4) is 0 Å². The third-order valence-electron chi connectivity index (χ3n) is 4.02. The second-order valence-electron chi connectivity index (χ2n) is 6.07. The minimum atomic E-state index is -3.67. The summed E-state index contributed by atoms with van der Waals surface area (Å²) in [5.74, 6) is -0.0862. The standard InChI is InChI=1S/C15H21N5O4S/c1-11-8-12(2)20-13(16-11)9-14(17-20)19(25(3,22)23)10-15(21)18-4-6-24-7-5-18/h8-9H,4-7,10H2,1-3H3. The molecule has 1 saturated heterocycles. The minimum Gasteiger partial charge on any atom is -0.378 e. The van der Waals surface area contributed by atoms with Gasteiger partial charge in [0.15, 0.2) is 11.5 Å². The summed E-state index contributed by atoms with van der Waals surface area (Å²) in [5, 5.41) is 4.32. The average molecular weight is 367 g/mol. The van der Waals surface area contributed by atoms with E-state index in [0.717, 1.165) is 21.9 Å². The van der Waals surface area contributed by atoms with Gasteiger partial charge < -0.3 is 9.64 Å². The molecule has 10 heteroatoms. The van der Waals surface area contributed by atoms with Crippen molar-refractivity contribution in [2.24, 2.45) is 0 Å². The number of ether oxygens (including phenoxy) is 1. The molecule has 2 aromatic heterocycles. The van der Waals surface area contributed by atoms with E-state index >= 15 is 0 Å². The van der Waals surface area contributed by atoms with E-state index in [0.29, 0.717) is 32.0 Å². The van der Waals surface area contributed by atoms with Gasteiger partial charge in [-0.2, -0.15) is 0 Å². The number of hydrogen-bond donors (Lipinski definition) is 0. The molecule has 9 nitrogen and oxygen atoms in total. The van der Waals surface area contributed by atoms with E-state index < -0.39 is 10.0 Å². The van der Waals surface area contributed by atoms with E-state index in [-0.39, 0.29) is 18.3 Å². The van der Waals surface area contributed by atoms with Crippen LogP contribution >= 0.6 is 0 Å². The average Bonchev–Trinajstić information content (AvgIpc) is 2.95. The molecule has 1 aliphatic heterocycles. The number of aryl methyl sites for hydroxylation is 2. The SMILES string of the molecule is Cc1cc(C)n2nc(N(CC(=O)N3CCOCC3)S(C)(=O)=O)cc2n1. The van der Waals surface area contributed by atoms with Gasteiger partial charge in [0, 0.05) is 30.5 Å². The molecule has 0 N–H and O–H groups in total. The Bertz CT molecular complexity index is 902. The molecule has 0 radical (unpaired) electrons. The van der Waals surface area contributed by atoms with Gasteiger partial charge >= 0.3 is 0 Å². The fraction of sp³-hybridized carbons (Fsp3) is 0.533. The number of nitrogens with zero attached hydrogens (tertiary/aromatic N) is 5. The molecule has 0 saturated carbocycles. The second-order valence-corrected chi connectivity index (χ2v) is 7.98. The maximum Gasteiger partial charge on any atom is 0.243 e. The minimum absolute atomic E-state index is 0.185. The monoisotopic (exact) mass is 367 g/mol. The number of amides is 1. The van der Waals surface area contributed by atoms with Crippen LogP contribution in [0.25, 0.3) is 5.65 Å². The molecular weight excluding hydrogens is 346 g/mol. The van der Waals surface area contributed by atoms with Gasteiger partial charge in [0.25, 0.3) is 0 Å².